The summed E-state index contributed by atoms with van der Waals surface area (Å²) in [6.45, 7) is 1.20. The molecule has 17 heavy (non-hydrogen) atoms. The highest BCUT2D eigenvalue weighted by Gasteiger charge is 2.26. The molecule has 0 fully saturated rings. The third-order valence-electron chi connectivity index (χ3n) is 1.85. The van der Waals surface area contributed by atoms with Gasteiger partial charge in [-0.05, 0) is 18.4 Å². The Hall–Kier alpha value is -1.25. The number of hydrogen-bond donors (Lipinski definition) is 2. The minimum absolute atomic E-state index is 0.0207. The highest BCUT2D eigenvalue weighted by atomic mass is 32.2. The molecule has 0 saturated heterocycles. The number of rotatable bonds is 6. The first-order valence-electron chi connectivity index (χ1n) is 4.61. The van der Waals surface area contributed by atoms with Gasteiger partial charge in [-0.15, -0.1) is 11.3 Å². The lowest BCUT2D eigenvalue weighted by atomic mass is 10.2. The fraction of sp³-hybridized carbons (Fsp3) is 0.333. The number of carbonyl (C=O) groups excluding carboxylic acids is 1. The molecule has 0 aliphatic heterocycles. The lowest BCUT2D eigenvalue weighted by Crippen LogP contribution is -2.41. The molecular weight excluding hydrogens is 266 g/mol. The lowest BCUT2D eigenvalue weighted by Gasteiger charge is -2.12. The zero-order valence-corrected chi connectivity index (χ0v) is 10.5. The largest absolute Gasteiger partial charge is 0.480 e. The molecule has 2 N–H and O–H groups in total. The number of ketones is 1. The molecule has 6 nitrogen and oxygen atoms in total. The molecule has 0 bridgehead atoms. The summed E-state index contributed by atoms with van der Waals surface area (Å²) in [5, 5.41) is 10.4. The van der Waals surface area contributed by atoms with Gasteiger partial charge in [0.05, 0.1) is 0 Å². The van der Waals surface area contributed by atoms with Crippen LogP contribution in [0.3, 0.4) is 0 Å². The molecule has 0 aliphatic carbocycles. The molecule has 1 atom stereocenters. The minimum Gasteiger partial charge on any atom is -0.480 e. The predicted molar refractivity (Wildman–Crippen MR) is 61.4 cm³/mol. The highest BCUT2D eigenvalue weighted by molar-refractivity contribution is 7.91. The SMILES string of the molecule is CC(=O)CC(NS(=O)(=O)c1cccs1)C(=O)O. The molecule has 8 heteroatoms. The molecule has 0 amide bonds. The van der Waals surface area contributed by atoms with E-state index in [9.17, 15) is 18.0 Å². The number of sulfonamides is 1. The molecule has 0 spiro atoms. The van der Waals surface area contributed by atoms with Crippen molar-refractivity contribution in [3.05, 3.63) is 17.5 Å². The molecule has 0 aromatic carbocycles. The third kappa shape index (κ3) is 3.91. The standard InChI is InChI=1S/C9H11NO5S2/c1-6(11)5-7(9(12)13)10-17(14,15)8-3-2-4-16-8/h2-4,7,10H,5H2,1H3,(H,12,13). The molecule has 1 rings (SSSR count). The monoisotopic (exact) mass is 277 g/mol. The Morgan fingerprint density at radius 1 is 1.53 bits per heavy atom. The summed E-state index contributed by atoms with van der Waals surface area (Å²) < 4.78 is 25.4. The zero-order chi connectivity index (χ0) is 13.1. The summed E-state index contributed by atoms with van der Waals surface area (Å²) in [6.07, 6.45) is -0.375. The van der Waals surface area contributed by atoms with Crippen LogP contribution in [0.2, 0.25) is 0 Å². The van der Waals surface area contributed by atoms with Crippen LogP contribution in [-0.2, 0) is 19.6 Å². The maximum absolute atomic E-state index is 11.7. The summed E-state index contributed by atoms with van der Waals surface area (Å²) in [7, 11) is -3.87. The first kappa shape index (κ1) is 13.8. The summed E-state index contributed by atoms with van der Waals surface area (Å²) in [4.78, 5) is 21.6. The number of aliphatic carboxylic acids is 1. The molecule has 0 radical (unpaired) electrons. The summed E-state index contributed by atoms with van der Waals surface area (Å²) in [5.74, 6) is -1.77. The van der Waals surface area contributed by atoms with Crippen molar-refractivity contribution in [2.24, 2.45) is 0 Å². The molecule has 1 aromatic heterocycles. The maximum atomic E-state index is 11.7. The van der Waals surface area contributed by atoms with E-state index in [0.29, 0.717) is 0 Å². The van der Waals surface area contributed by atoms with E-state index in [4.69, 9.17) is 5.11 Å². The van der Waals surface area contributed by atoms with Gasteiger partial charge >= 0.3 is 5.97 Å². The van der Waals surface area contributed by atoms with Gasteiger partial charge in [0.2, 0.25) is 0 Å². The van der Waals surface area contributed by atoms with Crippen LogP contribution in [-0.4, -0.2) is 31.3 Å². The van der Waals surface area contributed by atoms with Crippen LogP contribution in [0.25, 0.3) is 0 Å². The second-order valence-electron chi connectivity index (χ2n) is 3.35. The average molecular weight is 277 g/mol. The van der Waals surface area contributed by atoms with Crippen molar-refractivity contribution in [1.82, 2.24) is 4.72 Å². The van der Waals surface area contributed by atoms with Crippen LogP contribution >= 0.6 is 11.3 Å². The smallest absolute Gasteiger partial charge is 0.322 e. The van der Waals surface area contributed by atoms with Crippen molar-refractivity contribution in [3.8, 4) is 0 Å². The second-order valence-corrected chi connectivity index (χ2v) is 6.24. The summed E-state index contributed by atoms with van der Waals surface area (Å²) >= 11 is 0.974. The van der Waals surface area contributed by atoms with Gasteiger partial charge in [-0.3, -0.25) is 9.59 Å². The normalized spacial score (nSPS) is 13.2. The van der Waals surface area contributed by atoms with E-state index in [1.54, 1.807) is 11.4 Å². The van der Waals surface area contributed by atoms with E-state index in [0.717, 1.165) is 11.3 Å². The number of nitrogens with one attached hydrogen (secondary N) is 1. The van der Waals surface area contributed by atoms with Crippen molar-refractivity contribution < 1.29 is 23.1 Å². The Balaban J connectivity index is 2.87. The Kier molecular flexibility index (Phi) is 4.38. The Morgan fingerprint density at radius 2 is 2.18 bits per heavy atom. The topological polar surface area (TPSA) is 101 Å². The fourth-order valence-electron chi connectivity index (χ4n) is 1.13. The van der Waals surface area contributed by atoms with Gasteiger partial charge in [-0.1, -0.05) is 6.07 Å². The molecule has 0 saturated carbocycles. The van der Waals surface area contributed by atoms with Crippen molar-refractivity contribution in [3.63, 3.8) is 0 Å². The van der Waals surface area contributed by atoms with Gasteiger partial charge in [0.15, 0.2) is 0 Å². The van der Waals surface area contributed by atoms with Gasteiger partial charge < -0.3 is 5.11 Å². The summed E-state index contributed by atoms with van der Waals surface area (Å²) in [6, 6.07) is 1.47. The van der Waals surface area contributed by atoms with Crippen molar-refractivity contribution in [2.75, 3.05) is 0 Å². The van der Waals surface area contributed by atoms with Crippen LogP contribution in [0.1, 0.15) is 13.3 Å². The van der Waals surface area contributed by atoms with Crippen LogP contribution in [0.15, 0.2) is 21.7 Å². The zero-order valence-electron chi connectivity index (χ0n) is 8.91. The van der Waals surface area contributed by atoms with Crippen molar-refractivity contribution >= 4 is 33.1 Å². The first-order chi connectivity index (χ1) is 7.83. The number of hydrogen-bond acceptors (Lipinski definition) is 5. The summed E-state index contributed by atoms with van der Waals surface area (Å²) in [5.41, 5.74) is 0. The van der Waals surface area contributed by atoms with Gasteiger partial charge in [0.1, 0.15) is 16.0 Å². The molecular formula is C9H11NO5S2. The maximum Gasteiger partial charge on any atom is 0.322 e. The van der Waals surface area contributed by atoms with E-state index in [1.165, 1.54) is 13.0 Å². The number of carbonyl (C=O) groups is 2. The quantitative estimate of drug-likeness (QED) is 0.786. The predicted octanol–water partition coefficient (Wildman–Crippen LogP) is 0.459. The van der Waals surface area contributed by atoms with Crippen LogP contribution in [0.4, 0.5) is 0 Å². The minimum atomic E-state index is -3.87. The fourth-order valence-corrected chi connectivity index (χ4v) is 3.33. The van der Waals surface area contributed by atoms with Gasteiger partial charge in [0, 0.05) is 6.42 Å². The lowest BCUT2D eigenvalue weighted by molar-refractivity contribution is -0.140. The van der Waals surface area contributed by atoms with Crippen LogP contribution in [0.5, 0.6) is 0 Å². The van der Waals surface area contributed by atoms with E-state index >= 15 is 0 Å². The second kappa shape index (κ2) is 5.39. The van der Waals surface area contributed by atoms with E-state index in [-0.39, 0.29) is 10.6 Å². The van der Waals surface area contributed by atoms with Gasteiger partial charge in [0.25, 0.3) is 10.0 Å². The number of carboxylic acids is 1. The van der Waals surface area contributed by atoms with Gasteiger partial charge in [-0.25, -0.2) is 8.42 Å². The van der Waals surface area contributed by atoms with Crippen molar-refractivity contribution in [1.29, 1.82) is 0 Å². The first-order valence-corrected chi connectivity index (χ1v) is 6.97. The number of thiophene rings is 1. The van der Waals surface area contributed by atoms with Gasteiger partial charge in [-0.2, -0.15) is 4.72 Å². The third-order valence-corrected chi connectivity index (χ3v) is 4.72. The number of carboxylic acid groups (broad SMARTS) is 1. The average Bonchev–Trinajstić information content (AvgIpc) is 2.68. The highest BCUT2D eigenvalue weighted by Crippen LogP contribution is 2.16. The van der Waals surface area contributed by atoms with E-state index < -0.39 is 27.8 Å². The molecule has 1 unspecified atom stereocenters. The molecule has 0 aliphatic rings. The van der Waals surface area contributed by atoms with E-state index in [1.807, 2.05) is 4.72 Å². The van der Waals surface area contributed by atoms with Crippen LogP contribution in [0, 0.1) is 0 Å². The Morgan fingerprint density at radius 3 is 2.59 bits per heavy atom. The van der Waals surface area contributed by atoms with E-state index in [2.05, 4.69) is 0 Å². The molecule has 94 valence electrons. The van der Waals surface area contributed by atoms with Crippen LogP contribution < -0.4 is 4.72 Å². The molecule has 1 heterocycles. The Labute approximate surface area is 102 Å². The molecule has 1 aromatic rings. The Bertz CT molecular complexity index is 505. The number of Topliss-reactive ketones (excluding diaryl/α,β-unsaturated/α-hetero) is 1. The van der Waals surface area contributed by atoms with Crippen molar-refractivity contribution in [2.45, 2.75) is 23.6 Å².